The number of benzene rings is 1. The third-order valence-corrected chi connectivity index (χ3v) is 6.79. The summed E-state index contributed by atoms with van der Waals surface area (Å²) in [5.41, 5.74) is 1.92. The summed E-state index contributed by atoms with van der Waals surface area (Å²) in [7, 11) is 2.12. The van der Waals surface area contributed by atoms with E-state index in [1.54, 1.807) is 15.9 Å². The van der Waals surface area contributed by atoms with Gasteiger partial charge in [0.05, 0.1) is 11.1 Å². The van der Waals surface area contributed by atoms with Crippen LogP contribution in [0.5, 0.6) is 0 Å². The van der Waals surface area contributed by atoms with Crippen LogP contribution in [0.15, 0.2) is 29.1 Å². The molecule has 0 saturated heterocycles. The molecule has 2 aromatic heterocycles. The van der Waals surface area contributed by atoms with E-state index >= 15 is 0 Å². The topological polar surface area (TPSA) is 50.2 Å². The molecule has 0 amide bonds. The van der Waals surface area contributed by atoms with Crippen LogP contribution in [0.2, 0.25) is 5.02 Å². The van der Waals surface area contributed by atoms with Crippen LogP contribution in [0.3, 0.4) is 0 Å². The number of hydrogen-bond acceptors (Lipinski definition) is 5. The van der Waals surface area contributed by atoms with Crippen molar-refractivity contribution >= 4 is 39.1 Å². The summed E-state index contributed by atoms with van der Waals surface area (Å²) in [6.45, 7) is 4.85. The Morgan fingerprint density at radius 3 is 2.93 bits per heavy atom. The molecule has 0 unspecified atom stereocenters. The summed E-state index contributed by atoms with van der Waals surface area (Å²) in [6, 6.07) is 7.43. The standard InChI is InChI=1S/C22H27ClN4OS/c1-3-4-5-6-11-24-22-25-20-19(17-10-12-26(2)14-18(17)29-20)21(28)27(22)16-9-7-8-15(23)13-16/h7-9,13H,3-6,10-12,14H2,1-2H3,(H,24,25). The lowest BCUT2D eigenvalue weighted by atomic mass is 10.1. The maximum absolute atomic E-state index is 13.6. The average Bonchev–Trinajstić information content (AvgIpc) is 3.05. The molecule has 7 heteroatoms. The number of fused-ring (bicyclic) bond motifs is 3. The number of rotatable bonds is 7. The van der Waals surface area contributed by atoms with E-state index in [0.717, 1.165) is 48.4 Å². The minimum atomic E-state index is -0.00428. The molecule has 0 aliphatic carbocycles. The van der Waals surface area contributed by atoms with Gasteiger partial charge in [0.1, 0.15) is 4.83 Å². The molecule has 0 radical (unpaired) electrons. The number of unbranched alkanes of at least 4 members (excludes halogenated alkanes) is 3. The monoisotopic (exact) mass is 430 g/mol. The highest BCUT2D eigenvalue weighted by molar-refractivity contribution is 7.18. The van der Waals surface area contributed by atoms with E-state index < -0.39 is 0 Å². The quantitative estimate of drug-likeness (QED) is 0.531. The SMILES string of the molecule is CCCCCCNc1nc2sc3c(c2c(=O)n1-c1cccc(Cl)c1)CCN(C)C3. The third-order valence-electron chi connectivity index (χ3n) is 5.45. The van der Waals surface area contributed by atoms with Crippen LogP contribution in [0, 0.1) is 0 Å². The Hall–Kier alpha value is -1.89. The first-order chi connectivity index (χ1) is 14.1. The fourth-order valence-electron chi connectivity index (χ4n) is 3.90. The summed E-state index contributed by atoms with van der Waals surface area (Å²) in [6.07, 6.45) is 5.55. The first-order valence-corrected chi connectivity index (χ1v) is 11.5. The van der Waals surface area contributed by atoms with E-state index in [1.165, 1.54) is 29.7 Å². The smallest absolute Gasteiger partial charge is 0.268 e. The van der Waals surface area contributed by atoms with Crippen LogP contribution >= 0.6 is 22.9 Å². The fourth-order valence-corrected chi connectivity index (χ4v) is 5.37. The zero-order valence-corrected chi connectivity index (χ0v) is 18.6. The summed E-state index contributed by atoms with van der Waals surface area (Å²) in [4.78, 5) is 22.9. The van der Waals surface area contributed by atoms with Crippen molar-refractivity contribution in [2.24, 2.45) is 0 Å². The predicted octanol–water partition coefficient (Wildman–Crippen LogP) is 5.08. The van der Waals surface area contributed by atoms with Crippen LogP contribution in [0.4, 0.5) is 5.95 Å². The van der Waals surface area contributed by atoms with Gasteiger partial charge >= 0.3 is 0 Å². The second-order valence-electron chi connectivity index (χ2n) is 7.72. The van der Waals surface area contributed by atoms with Crippen molar-refractivity contribution in [1.82, 2.24) is 14.5 Å². The van der Waals surface area contributed by atoms with Gasteiger partial charge in [-0.1, -0.05) is 43.9 Å². The molecular weight excluding hydrogens is 404 g/mol. The molecule has 4 rings (SSSR count). The highest BCUT2D eigenvalue weighted by Gasteiger charge is 2.24. The lowest BCUT2D eigenvalue weighted by molar-refractivity contribution is 0.318. The number of thiophene rings is 1. The van der Waals surface area contributed by atoms with Crippen molar-refractivity contribution in [2.45, 2.75) is 45.6 Å². The molecule has 1 N–H and O–H groups in total. The van der Waals surface area contributed by atoms with Gasteiger partial charge in [-0.25, -0.2) is 9.55 Å². The summed E-state index contributed by atoms with van der Waals surface area (Å²) < 4.78 is 1.69. The van der Waals surface area contributed by atoms with Gasteiger partial charge in [0.2, 0.25) is 5.95 Å². The third kappa shape index (κ3) is 4.20. The molecular formula is C22H27ClN4OS. The van der Waals surface area contributed by atoms with Gasteiger partial charge in [-0.2, -0.15) is 0 Å². The molecule has 5 nitrogen and oxygen atoms in total. The lowest BCUT2D eigenvalue weighted by Crippen LogP contribution is -2.27. The number of likely N-dealkylation sites (N-methyl/N-ethyl adjacent to an activating group) is 1. The van der Waals surface area contributed by atoms with Gasteiger partial charge < -0.3 is 10.2 Å². The second-order valence-corrected chi connectivity index (χ2v) is 9.24. The van der Waals surface area contributed by atoms with E-state index in [2.05, 4.69) is 24.2 Å². The number of nitrogens with zero attached hydrogens (tertiary/aromatic N) is 3. The first-order valence-electron chi connectivity index (χ1n) is 10.3. The fraction of sp³-hybridized carbons (Fsp3) is 0.455. The van der Waals surface area contributed by atoms with Crippen LogP contribution < -0.4 is 10.9 Å². The number of aromatic nitrogens is 2. The minimum Gasteiger partial charge on any atom is -0.355 e. The van der Waals surface area contributed by atoms with E-state index in [0.29, 0.717) is 11.0 Å². The largest absolute Gasteiger partial charge is 0.355 e. The van der Waals surface area contributed by atoms with Crippen molar-refractivity contribution in [3.63, 3.8) is 0 Å². The van der Waals surface area contributed by atoms with E-state index in [9.17, 15) is 4.79 Å². The van der Waals surface area contributed by atoms with Crippen LogP contribution in [-0.4, -0.2) is 34.6 Å². The zero-order chi connectivity index (χ0) is 20.4. The molecule has 3 aromatic rings. The second kappa shape index (κ2) is 8.86. The Balaban J connectivity index is 1.81. The van der Waals surface area contributed by atoms with Gasteiger partial charge in [0.25, 0.3) is 5.56 Å². The van der Waals surface area contributed by atoms with Crippen molar-refractivity contribution in [1.29, 1.82) is 0 Å². The Labute approximate surface area is 180 Å². The molecule has 1 aliphatic heterocycles. The lowest BCUT2D eigenvalue weighted by Gasteiger charge is -2.21. The number of anilines is 1. The molecule has 1 aromatic carbocycles. The highest BCUT2D eigenvalue weighted by Crippen LogP contribution is 2.33. The summed E-state index contributed by atoms with van der Waals surface area (Å²) in [5, 5.41) is 4.80. The van der Waals surface area contributed by atoms with Crippen molar-refractivity contribution in [2.75, 3.05) is 25.5 Å². The Morgan fingerprint density at radius 2 is 2.14 bits per heavy atom. The zero-order valence-electron chi connectivity index (χ0n) is 17.0. The first kappa shape index (κ1) is 20.4. The van der Waals surface area contributed by atoms with Crippen molar-refractivity contribution in [3.05, 3.63) is 50.1 Å². The Kier molecular flexibility index (Phi) is 6.23. The molecule has 0 atom stereocenters. The van der Waals surface area contributed by atoms with E-state index in [-0.39, 0.29) is 5.56 Å². The van der Waals surface area contributed by atoms with Crippen LogP contribution in [0.25, 0.3) is 15.9 Å². The molecule has 0 fully saturated rings. The summed E-state index contributed by atoms with van der Waals surface area (Å²) in [5.74, 6) is 0.605. The maximum atomic E-state index is 13.6. The highest BCUT2D eigenvalue weighted by atomic mass is 35.5. The van der Waals surface area contributed by atoms with Gasteiger partial charge in [-0.05, 0) is 43.7 Å². The summed E-state index contributed by atoms with van der Waals surface area (Å²) >= 11 is 7.88. The molecule has 3 heterocycles. The predicted molar refractivity (Wildman–Crippen MR) is 123 cm³/mol. The normalized spacial score (nSPS) is 14.3. The molecule has 0 spiro atoms. The van der Waals surface area contributed by atoms with Crippen LogP contribution in [-0.2, 0) is 13.0 Å². The van der Waals surface area contributed by atoms with E-state index in [4.69, 9.17) is 16.6 Å². The molecule has 1 aliphatic rings. The minimum absolute atomic E-state index is 0.00428. The Bertz CT molecular complexity index is 1070. The average molecular weight is 431 g/mol. The van der Waals surface area contributed by atoms with Crippen molar-refractivity contribution in [3.8, 4) is 5.69 Å². The maximum Gasteiger partial charge on any atom is 0.268 e. The molecule has 0 saturated carbocycles. The van der Waals surface area contributed by atoms with Crippen LogP contribution in [0.1, 0.15) is 43.0 Å². The Morgan fingerprint density at radius 1 is 1.28 bits per heavy atom. The van der Waals surface area contributed by atoms with Crippen molar-refractivity contribution < 1.29 is 0 Å². The van der Waals surface area contributed by atoms with Gasteiger partial charge in [0, 0.05) is 29.5 Å². The van der Waals surface area contributed by atoms with Gasteiger partial charge in [-0.3, -0.25) is 4.79 Å². The van der Waals surface area contributed by atoms with E-state index in [1.807, 2.05) is 24.3 Å². The molecule has 29 heavy (non-hydrogen) atoms. The van der Waals surface area contributed by atoms with Gasteiger partial charge in [-0.15, -0.1) is 11.3 Å². The molecule has 154 valence electrons. The van der Waals surface area contributed by atoms with Gasteiger partial charge in [0.15, 0.2) is 0 Å². The number of halogens is 1. The number of hydrogen-bond donors (Lipinski definition) is 1. The number of nitrogens with one attached hydrogen (secondary N) is 1. The molecule has 0 bridgehead atoms.